The Kier molecular flexibility index (Phi) is 7.36. The van der Waals surface area contributed by atoms with Crippen LogP contribution in [0, 0.1) is 0 Å². The molecule has 0 aliphatic carbocycles. The number of carbonyl (C=O) groups excluding carboxylic acids is 3. The lowest BCUT2D eigenvalue weighted by atomic mass is 10.1. The van der Waals surface area contributed by atoms with Gasteiger partial charge in [0.05, 0.1) is 31.0 Å². The summed E-state index contributed by atoms with van der Waals surface area (Å²) < 4.78 is 10.3. The third kappa shape index (κ3) is 5.82. The molecule has 7 nitrogen and oxygen atoms in total. The number of hydrogen-bond acceptors (Lipinski definition) is 5. The van der Waals surface area contributed by atoms with Gasteiger partial charge in [-0.2, -0.15) is 0 Å². The topological polar surface area (TPSA) is 93.7 Å². The fourth-order valence-electron chi connectivity index (χ4n) is 2.32. The summed E-state index contributed by atoms with van der Waals surface area (Å²) in [5.74, 6) is -1.21. The van der Waals surface area contributed by atoms with Crippen molar-refractivity contribution >= 4 is 39.6 Å². The van der Waals surface area contributed by atoms with Crippen molar-refractivity contribution < 1.29 is 23.9 Å². The van der Waals surface area contributed by atoms with Crippen LogP contribution in [-0.4, -0.2) is 38.7 Å². The van der Waals surface area contributed by atoms with E-state index in [0.717, 1.165) is 10.0 Å². The van der Waals surface area contributed by atoms with E-state index >= 15 is 0 Å². The fourth-order valence-corrected chi connectivity index (χ4v) is 2.58. The Morgan fingerprint density at radius 1 is 0.963 bits per heavy atom. The standard InChI is InChI=1S/C19H19BrN2O5/c1-26-17(23)13-5-8-15(18(24)27-2)16(11-13)22-19(25)21-10-9-12-3-6-14(20)7-4-12/h3-8,11H,9-10H2,1-2H3,(H2,21,22,25). The van der Waals surface area contributed by atoms with E-state index < -0.39 is 18.0 Å². The van der Waals surface area contributed by atoms with E-state index in [0.29, 0.717) is 13.0 Å². The van der Waals surface area contributed by atoms with Gasteiger partial charge in [0.2, 0.25) is 0 Å². The molecule has 2 amide bonds. The zero-order chi connectivity index (χ0) is 19.8. The van der Waals surface area contributed by atoms with Crippen molar-refractivity contribution in [3.05, 3.63) is 63.6 Å². The van der Waals surface area contributed by atoms with Crippen LogP contribution in [0.3, 0.4) is 0 Å². The Bertz CT molecular complexity index is 836. The summed E-state index contributed by atoms with van der Waals surface area (Å²) in [6, 6.07) is 11.5. The molecule has 0 unspecified atom stereocenters. The van der Waals surface area contributed by atoms with E-state index in [2.05, 4.69) is 31.3 Å². The maximum Gasteiger partial charge on any atom is 0.339 e. The summed E-state index contributed by atoms with van der Waals surface area (Å²) >= 11 is 3.37. The first-order valence-corrected chi connectivity index (χ1v) is 8.84. The number of carbonyl (C=O) groups is 3. The average Bonchev–Trinajstić information content (AvgIpc) is 2.68. The number of halogens is 1. The van der Waals surface area contributed by atoms with Crippen LogP contribution in [0.1, 0.15) is 26.3 Å². The maximum atomic E-state index is 12.2. The molecule has 2 aromatic carbocycles. The molecule has 0 saturated carbocycles. The van der Waals surface area contributed by atoms with Gasteiger partial charge in [-0.25, -0.2) is 14.4 Å². The quantitative estimate of drug-likeness (QED) is 0.679. The van der Waals surface area contributed by atoms with E-state index in [1.54, 1.807) is 0 Å². The number of urea groups is 1. The van der Waals surface area contributed by atoms with Gasteiger partial charge in [-0.1, -0.05) is 28.1 Å². The lowest BCUT2D eigenvalue weighted by Gasteiger charge is -2.12. The molecule has 0 aromatic heterocycles. The Labute approximate surface area is 165 Å². The number of hydrogen-bond donors (Lipinski definition) is 2. The van der Waals surface area contributed by atoms with Crippen molar-refractivity contribution in [2.75, 3.05) is 26.1 Å². The third-order valence-corrected chi connectivity index (χ3v) is 4.24. The highest BCUT2D eigenvalue weighted by Gasteiger charge is 2.17. The highest BCUT2D eigenvalue weighted by molar-refractivity contribution is 9.10. The van der Waals surface area contributed by atoms with E-state index in [1.165, 1.54) is 32.4 Å². The van der Waals surface area contributed by atoms with E-state index in [4.69, 9.17) is 4.74 Å². The first-order chi connectivity index (χ1) is 12.9. The molecule has 0 radical (unpaired) electrons. The van der Waals surface area contributed by atoms with E-state index in [1.807, 2.05) is 24.3 Å². The molecular weight excluding hydrogens is 416 g/mol. The van der Waals surface area contributed by atoms with Gasteiger partial charge < -0.3 is 20.1 Å². The number of methoxy groups -OCH3 is 2. The summed E-state index contributed by atoms with van der Waals surface area (Å²) in [4.78, 5) is 35.7. The van der Waals surface area contributed by atoms with Crippen LogP contribution in [0.4, 0.5) is 10.5 Å². The van der Waals surface area contributed by atoms with Gasteiger partial charge in [0.25, 0.3) is 0 Å². The van der Waals surface area contributed by atoms with Crippen LogP contribution in [0.2, 0.25) is 0 Å². The van der Waals surface area contributed by atoms with Crippen LogP contribution in [0.15, 0.2) is 46.9 Å². The molecule has 27 heavy (non-hydrogen) atoms. The smallest absolute Gasteiger partial charge is 0.339 e. The summed E-state index contributed by atoms with van der Waals surface area (Å²) in [5, 5.41) is 5.29. The lowest BCUT2D eigenvalue weighted by molar-refractivity contribution is 0.0587. The first-order valence-electron chi connectivity index (χ1n) is 8.04. The second-order valence-corrected chi connectivity index (χ2v) is 6.42. The predicted molar refractivity (Wildman–Crippen MR) is 104 cm³/mol. The van der Waals surface area contributed by atoms with Gasteiger partial charge in [0.15, 0.2) is 0 Å². The number of amides is 2. The molecule has 2 N–H and O–H groups in total. The van der Waals surface area contributed by atoms with Crippen LogP contribution >= 0.6 is 15.9 Å². The lowest BCUT2D eigenvalue weighted by Crippen LogP contribution is -2.31. The Hall–Kier alpha value is -2.87. The minimum Gasteiger partial charge on any atom is -0.465 e. The SMILES string of the molecule is COC(=O)c1ccc(C(=O)OC)c(NC(=O)NCCc2ccc(Br)cc2)c1. The maximum absolute atomic E-state index is 12.2. The molecule has 0 spiro atoms. The minimum atomic E-state index is -0.628. The molecule has 0 aliphatic heterocycles. The van der Waals surface area contributed by atoms with Crippen LogP contribution in [-0.2, 0) is 15.9 Å². The second-order valence-electron chi connectivity index (χ2n) is 5.50. The van der Waals surface area contributed by atoms with Crippen molar-refractivity contribution in [3.63, 3.8) is 0 Å². The molecule has 2 rings (SSSR count). The van der Waals surface area contributed by atoms with Crippen molar-refractivity contribution in [1.29, 1.82) is 0 Å². The fraction of sp³-hybridized carbons (Fsp3) is 0.211. The highest BCUT2D eigenvalue weighted by atomic mass is 79.9. The summed E-state index contributed by atoms with van der Waals surface area (Å²) in [7, 11) is 2.48. The zero-order valence-corrected chi connectivity index (χ0v) is 16.5. The predicted octanol–water partition coefficient (Wildman–Crippen LogP) is 3.39. The number of anilines is 1. The van der Waals surface area contributed by atoms with Crippen molar-refractivity contribution in [3.8, 4) is 0 Å². The van der Waals surface area contributed by atoms with E-state index in [-0.39, 0.29) is 16.8 Å². The van der Waals surface area contributed by atoms with Gasteiger partial charge >= 0.3 is 18.0 Å². The zero-order valence-electron chi connectivity index (χ0n) is 14.9. The van der Waals surface area contributed by atoms with Crippen molar-refractivity contribution in [2.24, 2.45) is 0 Å². The molecule has 0 aliphatic rings. The van der Waals surface area contributed by atoms with Crippen molar-refractivity contribution in [2.45, 2.75) is 6.42 Å². The summed E-state index contributed by atoms with van der Waals surface area (Å²) in [6.45, 7) is 0.401. The minimum absolute atomic E-state index is 0.133. The van der Waals surface area contributed by atoms with Gasteiger partial charge in [0.1, 0.15) is 0 Å². The average molecular weight is 435 g/mol. The molecular formula is C19H19BrN2O5. The largest absolute Gasteiger partial charge is 0.465 e. The van der Waals surface area contributed by atoms with E-state index in [9.17, 15) is 14.4 Å². The Morgan fingerprint density at radius 3 is 2.26 bits per heavy atom. The van der Waals surface area contributed by atoms with Crippen molar-refractivity contribution in [1.82, 2.24) is 5.32 Å². The molecule has 0 atom stereocenters. The second kappa shape index (κ2) is 9.72. The van der Waals surface area contributed by atoms with Gasteiger partial charge in [-0.05, 0) is 42.3 Å². The number of nitrogens with one attached hydrogen (secondary N) is 2. The Balaban J connectivity index is 2.04. The molecule has 8 heteroatoms. The molecule has 2 aromatic rings. The highest BCUT2D eigenvalue weighted by Crippen LogP contribution is 2.19. The van der Waals surface area contributed by atoms with Crippen LogP contribution in [0.25, 0.3) is 0 Å². The Morgan fingerprint density at radius 2 is 1.63 bits per heavy atom. The number of esters is 2. The monoisotopic (exact) mass is 434 g/mol. The van der Waals surface area contributed by atoms with Gasteiger partial charge in [-0.15, -0.1) is 0 Å². The molecule has 0 fully saturated rings. The first kappa shape index (κ1) is 20.4. The summed E-state index contributed by atoms with van der Waals surface area (Å²) in [6.07, 6.45) is 0.646. The van der Waals surface area contributed by atoms with Gasteiger partial charge in [0, 0.05) is 11.0 Å². The normalized spacial score (nSPS) is 10.0. The van der Waals surface area contributed by atoms with Crippen LogP contribution < -0.4 is 10.6 Å². The summed E-state index contributed by atoms with van der Waals surface area (Å²) in [5.41, 5.74) is 1.57. The number of rotatable bonds is 6. The molecule has 0 saturated heterocycles. The molecule has 142 valence electrons. The van der Waals surface area contributed by atoms with Gasteiger partial charge in [-0.3, -0.25) is 0 Å². The molecule has 0 heterocycles. The number of ether oxygens (including phenoxy) is 2. The molecule has 0 bridgehead atoms. The number of benzene rings is 2. The third-order valence-electron chi connectivity index (χ3n) is 3.71. The van der Waals surface area contributed by atoms with Crippen LogP contribution in [0.5, 0.6) is 0 Å².